The highest BCUT2D eigenvalue weighted by Gasteiger charge is 2.13. The van der Waals surface area contributed by atoms with E-state index >= 15 is 0 Å². The number of hydrogen-bond donors (Lipinski definition) is 3. The Balaban J connectivity index is 1.62. The Morgan fingerprint density at radius 1 is 1.24 bits per heavy atom. The predicted octanol–water partition coefficient (Wildman–Crippen LogP) is 2.68. The minimum absolute atomic E-state index is 0.0170. The Bertz CT molecular complexity index is 442. The zero-order valence-electron chi connectivity index (χ0n) is 12.6. The van der Waals surface area contributed by atoms with E-state index in [-0.39, 0.29) is 19.1 Å². The van der Waals surface area contributed by atoms with E-state index in [1.165, 1.54) is 32.1 Å². The molecule has 0 unspecified atom stereocenters. The van der Waals surface area contributed by atoms with Crippen molar-refractivity contribution in [3.05, 3.63) is 29.8 Å². The summed E-state index contributed by atoms with van der Waals surface area (Å²) in [4.78, 5) is 11.8. The maximum atomic E-state index is 11.8. The van der Waals surface area contributed by atoms with Crippen LogP contribution in [0.15, 0.2) is 24.3 Å². The normalized spacial score (nSPS) is 15.7. The molecule has 4 heteroatoms. The number of carbonyl (C=O) groups is 1. The van der Waals surface area contributed by atoms with Gasteiger partial charge in [-0.1, -0.05) is 44.2 Å². The summed E-state index contributed by atoms with van der Waals surface area (Å²) in [5, 5.41) is 15.1. The molecule has 3 N–H and O–H groups in total. The lowest BCUT2D eigenvalue weighted by atomic mass is 9.87. The van der Waals surface area contributed by atoms with E-state index in [0.717, 1.165) is 30.1 Å². The number of nitrogens with one attached hydrogen (secondary N) is 2. The first-order valence-electron chi connectivity index (χ1n) is 7.98. The molecule has 4 nitrogen and oxygen atoms in total. The minimum Gasteiger partial charge on any atom is -0.392 e. The van der Waals surface area contributed by atoms with Crippen molar-refractivity contribution in [2.45, 2.75) is 45.1 Å². The molecule has 0 saturated heterocycles. The minimum atomic E-state index is 0.0170. The summed E-state index contributed by atoms with van der Waals surface area (Å²) in [6.45, 7) is 1.07. The van der Waals surface area contributed by atoms with Gasteiger partial charge >= 0.3 is 0 Å². The zero-order valence-corrected chi connectivity index (χ0v) is 12.6. The molecule has 2 rings (SSSR count). The second kappa shape index (κ2) is 8.67. The third-order valence-electron chi connectivity index (χ3n) is 4.16. The summed E-state index contributed by atoms with van der Waals surface area (Å²) in [7, 11) is 0. The summed E-state index contributed by atoms with van der Waals surface area (Å²) in [6, 6.07) is 7.48. The fourth-order valence-corrected chi connectivity index (χ4v) is 2.92. The van der Waals surface area contributed by atoms with Gasteiger partial charge in [0.05, 0.1) is 13.2 Å². The smallest absolute Gasteiger partial charge is 0.239 e. The molecule has 21 heavy (non-hydrogen) atoms. The second-order valence-corrected chi connectivity index (χ2v) is 5.85. The fourth-order valence-electron chi connectivity index (χ4n) is 2.92. The maximum Gasteiger partial charge on any atom is 0.239 e. The first kappa shape index (κ1) is 15.8. The van der Waals surface area contributed by atoms with Crippen LogP contribution in [0.3, 0.4) is 0 Å². The summed E-state index contributed by atoms with van der Waals surface area (Å²) in [6.07, 6.45) is 7.82. The van der Waals surface area contributed by atoms with Crippen molar-refractivity contribution in [1.29, 1.82) is 0 Å². The Hall–Kier alpha value is -1.55. The standard InChI is InChI=1S/C17H26N2O2/c20-13-15-7-4-8-16(11-15)19-12-17(21)18-10-9-14-5-2-1-3-6-14/h4,7-8,11,14,19-20H,1-3,5-6,9-10,12-13H2,(H,18,21). The van der Waals surface area contributed by atoms with Crippen molar-refractivity contribution >= 4 is 11.6 Å². The zero-order chi connectivity index (χ0) is 14.9. The topological polar surface area (TPSA) is 61.4 Å². The summed E-state index contributed by atoms with van der Waals surface area (Å²) >= 11 is 0. The highest BCUT2D eigenvalue weighted by Crippen LogP contribution is 2.25. The lowest BCUT2D eigenvalue weighted by Gasteiger charge is -2.21. The number of benzene rings is 1. The number of anilines is 1. The van der Waals surface area contributed by atoms with Gasteiger partial charge in [-0.3, -0.25) is 4.79 Å². The van der Waals surface area contributed by atoms with Crippen LogP contribution in [0.25, 0.3) is 0 Å². The number of hydrogen-bond acceptors (Lipinski definition) is 3. The van der Waals surface area contributed by atoms with Gasteiger partial charge in [-0.05, 0) is 30.0 Å². The van der Waals surface area contributed by atoms with Crippen molar-refractivity contribution < 1.29 is 9.90 Å². The van der Waals surface area contributed by atoms with Gasteiger partial charge < -0.3 is 15.7 Å². The summed E-state index contributed by atoms with van der Waals surface area (Å²) in [5.41, 5.74) is 1.71. The van der Waals surface area contributed by atoms with Gasteiger partial charge in [0.1, 0.15) is 0 Å². The number of aliphatic hydroxyl groups is 1. The molecule has 0 aromatic heterocycles. The number of rotatable bonds is 7. The monoisotopic (exact) mass is 290 g/mol. The highest BCUT2D eigenvalue weighted by molar-refractivity contribution is 5.80. The quantitative estimate of drug-likeness (QED) is 0.723. The molecule has 0 atom stereocenters. The number of aliphatic hydroxyl groups excluding tert-OH is 1. The van der Waals surface area contributed by atoms with E-state index in [2.05, 4.69) is 10.6 Å². The second-order valence-electron chi connectivity index (χ2n) is 5.85. The van der Waals surface area contributed by atoms with Crippen LogP contribution in [-0.4, -0.2) is 24.1 Å². The SMILES string of the molecule is O=C(CNc1cccc(CO)c1)NCCC1CCCCC1. The molecule has 1 fully saturated rings. The molecule has 116 valence electrons. The van der Waals surface area contributed by atoms with Gasteiger partial charge in [-0.15, -0.1) is 0 Å². The van der Waals surface area contributed by atoms with Crippen LogP contribution < -0.4 is 10.6 Å². The molecule has 0 spiro atoms. The van der Waals surface area contributed by atoms with Gasteiger partial charge in [0.25, 0.3) is 0 Å². The van der Waals surface area contributed by atoms with Crippen molar-refractivity contribution in [3.8, 4) is 0 Å². The van der Waals surface area contributed by atoms with Crippen molar-refractivity contribution in [2.75, 3.05) is 18.4 Å². The van der Waals surface area contributed by atoms with Gasteiger partial charge in [-0.25, -0.2) is 0 Å². The lowest BCUT2D eigenvalue weighted by Crippen LogP contribution is -2.31. The first-order valence-corrected chi connectivity index (χ1v) is 7.98. The largest absolute Gasteiger partial charge is 0.392 e. The molecule has 1 saturated carbocycles. The average molecular weight is 290 g/mol. The van der Waals surface area contributed by atoms with Crippen LogP contribution in [0.5, 0.6) is 0 Å². The van der Waals surface area contributed by atoms with E-state index in [4.69, 9.17) is 5.11 Å². The summed E-state index contributed by atoms with van der Waals surface area (Å²) < 4.78 is 0. The van der Waals surface area contributed by atoms with Gasteiger partial charge in [0.2, 0.25) is 5.91 Å². The molecule has 1 amide bonds. The van der Waals surface area contributed by atoms with E-state index in [9.17, 15) is 4.79 Å². The molecule has 1 aliphatic rings. The lowest BCUT2D eigenvalue weighted by molar-refractivity contribution is -0.119. The van der Waals surface area contributed by atoms with Crippen LogP contribution in [0.4, 0.5) is 5.69 Å². The van der Waals surface area contributed by atoms with Gasteiger partial charge in [-0.2, -0.15) is 0 Å². The number of carbonyl (C=O) groups excluding carboxylic acids is 1. The average Bonchev–Trinajstić information content (AvgIpc) is 2.54. The van der Waals surface area contributed by atoms with Gasteiger partial charge in [0, 0.05) is 12.2 Å². The Kier molecular flexibility index (Phi) is 6.54. The van der Waals surface area contributed by atoms with E-state index in [1.54, 1.807) is 0 Å². The summed E-state index contributed by atoms with van der Waals surface area (Å²) in [5.74, 6) is 0.827. The van der Waals surface area contributed by atoms with E-state index < -0.39 is 0 Å². The molecule has 0 aliphatic heterocycles. The molecular weight excluding hydrogens is 264 g/mol. The third kappa shape index (κ3) is 5.76. The fraction of sp³-hybridized carbons (Fsp3) is 0.588. The molecule has 1 aromatic rings. The van der Waals surface area contributed by atoms with E-state index in [1.807, 2.05) is 24.3 Å². The van der Waals surface area contributed by atoms with Gasteiger partial charge in [0.15, 0.2) is 0 Å². The molecule has 0 heterocycles. The van der Waals surface area contributed by atoms with Crippen molar-refractivity contribution in [1.82, 2.24) is 5.32 Å². The highest BCUT2D eigenvalue weighted by atomic mass is 16.3. The first-order chi connectivity index (χ1) is 10.3. The molecule has 0 radical (unpaired) electrons. The maximum absolute atomic E-state index is 11.8. The van der Waals surface area contributed by atoms with Crippen LogP contribution >= 0.6 is 0 Å². The molecule has 0 bridgehead atoms. The molecular formula is C17H26N2O2. The van der Waals surface area contributed by atoms with Crippen LogP contribution in [0, 0.1) is 5.92 Å². The predicted molar refractivity (Wildman–Crippen MR) is 85.1 cm³/mol. The van der Waals surface area contributed by atoms with Crippen LogP contribution in [0.2, 0.25) is 0 Å². The Morgan fingerprint density at radius 2 is 2.05 bits per heavy atom. The van der Waals surface area contributed by atoms with Crippen molar-refractivity contribution in [3.63, 3.8) is 0 Å². The third-order valence-corrected chi connectivity index (χ3v) is 4.16. The molecule has 1 aromatic carbocycles. The molecule has 1 aliphatic carbocycles. The number of amides is 1. The van der Waals surface area contributed by atoms with Crippen molar-refractivity contribution in [2.24, 2.45) is 5.92 Å². The Morgan fingerprint density at radius 3 is 2.81 bits per heavy atom. The van der Waals surface area contributed by atoms with Crippen LogP contribution in [-0.2, 0) is 11.4 Å². The van der Waals surface area contributed by atoms with Crippen LogP contribution in [0.1, 0.15) is 44.1 Å². The van der Waals surface area contributed by atoms with E-state index in [0.29, 0.717) is 0 Å². The Labute approximate surface area is 126 Å².